The van der Waals surface area contributed by atoms with Crippen LogP contribution in [-0.4, -0.2) is 77.7 Å². The molecule has 3 aromatic carbocycles. The number of carbonyl (C=O) groups is 1. The number of amides is 1. The minimum Gasteiger partial charge on any atom is -0.493 e. The number of nitrogens with zero attached hydrogens (tertiary/aromatic N) is 2. The number of aliphatic hydroxyl groups is 1. The molecular weight excluding hydrogens is 633 g/mol. The third-order valence-corrected chi connectivity index (χ3v) is 11.0. The maximum atomic E-state index is 14.1. The lowest BCUT2D eigenvalue weighted by Gasteiger charge is -2.65. The predicted molar refractivity (Wildman–Crippen MR) is 180 cm³/mol. The Morgan fingerprint density at radius 2 is 1.92 bits per heavy atom. The zero-order valence-electron chi connectivity index (χ0n) is 28.1. The van der Waals surface area contributed by atoms with Crippen molar-refractivity contribution in [3.8, 4) is 17.2 Å². The molecule has 7 nitrogen and oxygen atoms in total. The van der Waals surface area contributed by atoms with Crippen molar-refractivity contribution in [3.05, 3.63) is 95.1 Å². The van der Waals surface area contributed by atoms with Crippen LogP contribution in [0.2, 0.25) is 0 Å². The van der Waals surface area contributed by atoms with Crippen LogP contribution in [0.5, 0.6) is 17.2 Å². The summed E-state index contributed by atoms with van der Waals surface area (Å²) in [4.78, 5) is 18.4. The number of carbonyl (C=O) groups excluding carboxylic acids is 1. The Labute approximate surface area is 285 Å². The maximum absolute atomic E-state index is 14.1. The third kappa shape index (κ3) is 5.86. The van der Waals surface area contributed by atoms with E-state index in [2.05, 4.69) is 40.0 Å². The zero-order valence-corrected chi connectivity index (χ0v) is 28.1. The van der Waals surface area contributed by atoms with Gasteiger partial charge in [-0.1, -0.05) is 62.4 Å². The topological polar surface area (TPSA) is 71.5 Å². The first kappa shape index (κ1) is 33.5. The fourth-order valence-electron chi connectivity index (χ4n) is 9.12. The number of methoxy groups -OCH3 is 1. The Kier molecular flexibility index (Phi) is 8.68. The van der Waals surface area contributed by atoms with E-state index >= 15 is 0 Å². The van der Waals surface area contributed by atoms with Crippen LogP contribution in [0.25, 0.3) is 6.08 Å². The summed E-state index contributed by atoms with van der Waals surface area (Å²) >= 11 is 0. The Morgan fingerprint density at radius 3 is 2.65 bits per heavy atom. The summed E-state index contributed by atoms with van der Waals surface area (Å²) in [5.74, 6) is 0.807. The lowest BCUT2D eigenvalue weighted by molar-refractivity contribution is -0.274. The number of alkyl halides is 3. The Morgan fingerprint density at radius 1 is 1.12 bits per heavy atom. The Balaban J connectivity index is 1.22. The van der Waals surface area contributed by atoms with Crippen LogP contribution >= 0.6 is 0 Å². The molecule has 0 unspecified atom stereocenters. The fourth-order valence-corrected chi connectivity index (χ4v) is 9.12. The van der Waals surface area contributed by atoms with Gasteiger partial charge in [0.1, 0.15) is 11.9 Å². The van der Waals surface area contributed by atoms with Gasteiger partial charge in [0.05, 0.1) is 24.2 Å². The van der Waals surface area contributed by atoms with Crippen LogP contribution in [0.15, 0.2) is 72.8 Å². The fraction of sp³-hybridized carbons (Fsp3) is 0.462. The van der Waals surface area contributed by atoms with E-state index in [1.807, 2.05) is 30.9 Å². The summed E-state index contributed by atoms with van der Waals surface area (Å²) in [6, 6.07) is 19.6. The van der Waals surface area contributed by atoms with Crippen molar-refractivity contribution < 1.29 is 37.3 Å². The van der Waals surface area contributed by atoms with Crippen molar-refractivity contribution >= 4 is 12.0 Å². The second-order valence-electron chi connectivity index (χ2n) is 14.3. The summed E-state index contributed by atoms with van der Waals surface area (Å²) in [6.07, 6.45) is 0.922. The summed E-state index contributed by atoms with van der Waals surface area (Å²) < 4.78 is 55.3. The van der Waals surface area contributed by atoms with Crippen molar-refractivity contribution in [1.29, 1.82) is 0 Å². The van der Waals surface area contributed by atoms with Gasteiger partial charge in [-0.3, -0.25) is 9.69 Å². The highest BCUT2D eigenvalue weighted by Gasteiger charge is 2.73. The molecule has 1 saturated heterocycles. The molecule has 1 N–H and O–H groups in total. The normalized spacial score (nSPS) is 27.1. The van der Waals surface area contributed by atoms with Gasteiger partial charge in [0.15, 0.2) is 11.5 Å². The lowest BCUT2D eigenvalue weighted by atomic mass is 9.48. The van der Waals surface area contributed by atoms with Crippen LogP contribution < -0.4 is 14.2 Å². The second kappa shape index (κ2) is 12.7. The summed E-state index contributed by atoms with van der Waals surface area (Å²) in [5.41, 5.74) is 2.05. The molecule has 3 aromatic rings. The highest BCUT2D eigenvalue weighted by atomic mass is 19.4. The number of likely N-dealkylation sites (tertiary alicyclic amines) is 1. The van der Waals surface area contributed by atoms with Crippen LogP contribution in [0, 0.1) is 5.92 Å². The molecule has 2 aliphatic carbocycles. The number of halogens is 3. The smallest absolute Gasteiger partial charge is 0.493 e. The van der Waals surface area contributed by atoms with E-state index in [0.717, 1.165) is 30.6 Å². The minimum absolute atomic E-state index is 0.107. The largest absolute Gasteiger partial charge is 0.573 e. The van der Waals surface area contributed by atoms with Crippen LogP contribution in [0.3, 0.4) is 0 Å². The molecule has 5 atom stereocenters. The molecular formula is C39H43F3N2O5. The average molecular weight is 677 g/mol. The molecule has 0 aromatic heterocycles. The predicted octanol–water partition coefficient (Wildman–Crippen LogP) is 6.56. The van der Waals surface area contributed by atoms with E-state index in [4.69, 9.17) is 9.47 Å². The van der Waals surface area contributed by atoms with Crippen molar-refractivity contribution in [2.45, 2.75) is 81.5 Å². The Bertz CT molecular complexity index is 1730. The molecule has 2 fully saturated rings. The van der Waals surface area contributed by atoms with E-state index in [9.17, 15) is 23.1 Å². The van der Waals surface area contributed by atoms with Gasteiger partial charge < -0.3 is 24.2 Å². The van der Waals surface area contributed by atoms with Crippen molar-refractivity contribution in [2.75, 3.05) is 26.7 Å². The molecule has 1 amide bonds. The van der Waals surface area contributed by atoms with E-state index in [1.165, 1.54) is 35.9 Å². The second-order valence-corrected chi connectivity index (χ2v) is 14.3. The monoisotopic (exact) mass is 676 g/mol. The minimum atomic E-state index is -4.81. The van der Waals surface area contributed by atoms with Crippen molar-refractivity contribution in [3.63, 3.8) is 0 Å². The van der Waals surface area contributed by atoms with Gasteiger partial charge >= 0.3 is 6.36 Å². The van der Waals surface area contributed by atoms with Gasteiger partial charge in [-0.25, -0.2) is 0 Å². The molecule has 2 bridgehead atoms. The standard InChI is InChI=1S/C39H43F3N2O5/c1-25(2)24-44(33(45)15-12-27-10-7-11-29(22-27)49-39(40,41)42)30-16-18-38(46)32-23-28-13-14-31(47-3)35-34(28)37(38,36(30)48-35)19-21-43(32)20-17-26-8-5-4-6-9-26/h4-15,22,25,30,32,36,46H,16-21,23-24H2,1-3H3/t30-,32-,36+,37-,38-/m1/s1. The molecule has 0 radical (unpaired) electrons. The van der Waals surface area contributed by atoms with Crippen molar-refractivity contribution in [2.24, 2.45) is 5.92 Å². The zero-order chi connectivity index (χ0) is 34.6. The first-order valence-corrected chi connectivity index (χ1v) is 17.2. The molecule has 10 heteroatoms. The SMILES string of the molecule is COc1ccc2c3c1O[C@H]1[C@H](N(CC(C)C)C(=O)C=Cc4cccc(OC(F)(F)F)c4)CC[C@@]4(O)[C@@H](C2)N(CCc2ccccc2)CC[C@@]314. The van der Waals surface area contributed by atoms with Gasteiger partial charge in [0.2, 0.25) is 5.91 Å². The summed E-state index contributed by atoms with van der Waals surface area (Å²) in [5, 5.41) is 13.0. The first-order chi connectivity index (χ1) is 23.4. The quantitative estimate of drug-likeness (QED) is 0.246. The molecule has 1 saturated carbocycles. The first-order valence-electron chi connectivity index (χ1n) is 17.2. The van der Waals surface area contributed by atoms with Gasteiger partial charge in [0, 0.05) is 30.8 Å². The van der Waals surface area contributed by atoms with E-state index < -0.39 is 23.5 Å². The number of benzene rings is 3. The number of hydrogen-bond donors (Lipinski definition) is 1. The van der Waals surface area contributed by atoms with E-state index in [1.54, 1.807) is 13.2 Å². The van der Waals surface area contributed by atoms with Crippen LogP contribution in [-0.2, 0) is 23.1 Å². The number of rotatable bonds is 10. The van der Waals surface area contributed by atoms with Crippen LogP contribution in [0.1, 0.15) is 55.4 Å². The number of ether oxygens (including phenoxy) is 3. The number of piperidine rings is 1. The molecule has 260 valence electrons. The number of hydrogen-bond acceptors (Lipinski definition) is 6. The van der Waals surface area contributed by atoms with E-state index in [0.29, 0.717) is 49.3 Å². The molecule has 4 aliphatic rings. The third-order valence-electron chi connectivity index (χ3n) is 11.0. The molecule has 2 heterocycles. The molecule has 1 spiro atoms. The summed E-state index contributed by atoms with van der Waals surface area (Å²) in [7, 11) is 1.62. The van der Waals surface area contributed by atoms with Gasteiger partial charge in [-0.15, -0.1) is 13.2 Å². The highest BCUT2D eigenvalue weighted by Crippen LogP contribution is 2.66. The average Bonchev–Trinajstić information content (AvgIpc) is 3.41. The Hall–Kier alpha value is -4.02. The highest BCUT2D eigenvalue weighted by molar-refractivity contribution is 5.92. The lowest BCUT2D eigenvalue weighted by Crippen LogP contribution is -2.78. The van der Waals surface area contributed by atoms with E-state index in [-0.39, 0.29) is 29.7 Å². The van der Waals surface area contributed by atoms with Gasteiger partial charge in [0.25, 0.3) is 0 Å². The van der Waals surface area contributed by atoms with Crippen LogP contribution in [0.4, 0.5) is 13.2 Å². The van der Waals surface area contributed by atoms with Crippen molar-refractivity contribution in [1.82, 2.24) is 9.80 Å². The molecule has 2 aliphatic heterocycles. The molecule has 49 heavy (non-hydrogen) atoms. The van der Waals surface area contributed by atoms with Gasteiger partial charge in [-0.2, -0.15) is 0 Å². The summed E-state index contributed by atoms with van der Waals surface area (Å²) in [6.45, 7) is 6.17. The van der Waals surface area contributed by atoms with Gasteiger partial charge in [-0.05, 0) is 85.5 Å². The molecule has 7 rings (SSSR count). The maximum Gasteiger partial charge on any atom is 0.573 e.